The lowest BCUT2D eigenvalue weighted by Gasteiger charge is -2.11. The molecule has 0 saturated heterocycles. The van der Waals surface area contributed by atoms with Gasteiger partial charge in [0.25, 0.3) is 0 Å². The van der Waals surface area contributed by atoms with Crippen LogP contribution < -0.4 is 5.73 Å². The third-order valence-corrected chi connectivity index (χ3v) is 1.91. The molecule has 0 aliphatic heterocycles. The minimum atomic E-state index is -1.05. The van der Waals surface area contributed by atoms with E-state index in [2.05, 4.69) is 0 Å². The van der Waals surface area contributed by atoms with E-state index in [-0.39, 0.29) is 18.6 Å². The Morgan fingerprint density at radius 3 is 2.21 bits per heavy atom. The van der Waals surface area contributed by atoms with E-state index in [0.29, 0.717) is 0 Å². The maximum atomic E-state index is 12.8. The summed E-state index contributed by atoms with van der Waals surface area (Å²) in [6.45, 7) is -0.161. The number of phenolic OH excluding ortho intramolecular Hbond substituents is 1. The van der Waals surface area contributed by atoms with Crippen molar-refractivity contribution in [1.82, 2.24) is 0 Å². The molecule has 1 atom stereocenters. The van der Waals surface area contributed by atoms with E-state index in [1.807, 2.05) is 0 Å². The van der Waals surface area contributed by atoms with Crippen molar-refractivity contribution in [2.75, 3.05) is 6.61 Å². The van der Waals surface area contributed by atoms with Gasteiger partial charge >= 0.3 is 0 Å². The van der Waals surface area contributed by atoms with Gasteiger partial charge < -0.3 is 15.9 Å². The molecule has 0 saturated carbocycles. The molecule has 0 aliphatic rings. The van der Waals surface area contributed by atoms with Gasteiger partial charge in [0.15, 0.2) is 17.4 Å². The molecule has 14 heavy (non-hydrogen) atoms. The second-order valence-corrected chi connectivity index (χ2v) is 2.95. The van der Waals surface area contributed by atoms with Gasteiger partial charge in [0.05, 0.1) is 0 Å². The number of aliphatic hydroxyl groups is 1. The first-order valence-corrected chi connectivity index (χ1v) is 4.10. The van der Waals surface area contributed by atoms with Crippen LogP contribution in [0.4, 0.5) is 8.78 Å². The molecule has 1 aromatic carbocycles. The van der Waals surface area contributed by atoms with Gasteiger partial charge in [0.1, 0.15) is 0 Å². The lowest BCUT2D eigenvalue weighted by atomic mass is 10.0. The number of benzene rings is 1. The molecular formula is C9H11F2NO2. The summed E-state index contributed by atoms with van der Waals surface area (Å²) in [6.07, 6.45) is 0.212. The first kappa shape index (κ1) is 10.9. The lowest BCUT2D eigenvalue weighted by molar-refractivity contribution is 0.276. The highest BCUT2D eigenvalue weighted by Crippen LogP contribution is 2.24. The Labute approximate surface area is 79.8 Å². The Morgan fingerprint density at radius 2 is 1.79 bits per heavy atom. The minimum Gasteiger partial charge on any atom is -0.503 e. The van der Waals surface area contributed by atoms with E-state index in [1.54, 1.807) is 0 Å². The monoisotopic (exact) mass is 203 g/mol. The van der Waals surface area contributed by atoms with Crippen LogP contribution in [-0.2, 0) is 0 Å². The summed E-state index contributed by atoms with van der Waals surface area (Å²) in [5.41, 5.74) is 5.73. The summed E-state index contributed by atoms with van der Waals surface area (Å²) < 4.78 is 25.7. The summed E-state index contributed by atoms with van der Waals surface area (Å²) >= 11 is 0. The largest absolute Gasteiger partial charge is 0.503 e. The number of aromatic hydroxyl groups is 1. The number of halogens is 2. The maximum absolute atomic E-state index is 12.8. The fourth-order valence-corrected chi connectivity index (χ4v) is 1.10. The highest BCUT2D eigenvalue weighted by molar-refractivity contribution is 5.31. The number of hydrogen-bond acceptors (Lipinski definition) is 3. The highest BCUT2D eigenvalue weighted by Gasteiger charge is 2.13. The van der Waals surface area contributed by atoms with Gasteiger partial charge in [0.2, 0.25) is 0 Å². The molecule has 0 heterocycles. The zero-order chi connectivity index (χ0) is 10.7. The van der Waals surface area contributed by atoms with Crippen LogP contribution in [0, 0.1) is 11.6 Å². The van der Waals surface area contributed by atoms with Gasteiger partial charge in [-0.3, -0.25) is 0 Å². The van der Waals surface area contributed by atoms with E-state index >= 15 is 0 Å². The van der Waals surface area contributed by atoms with Crippen LogP contribution in [0.1, 0.15) is 18.0 Å². The van der Waals surface area contributed by atoms with Crippen molar-refractivity contribution < 1.29 is 19.0 Å². The molecule has 0 bridgehead atoms. The molecule has 0 spiro atoms. The van der Waals surface area contributed by atoms with Crippen molar-refractivity contribution in [2.45, 2.75) is 12.5 Å². The zero-order valence-corrected chi connectivity index (χ0v) is 7.37. The average Bonchev–Trinajstić information content (AvgIpc) is 2.13. The molecule has 0 fully saturated rings. The fraction of sp³-hybridized carbons (Fsp3) is 0.333. The second-order valence-electron chi connectivity index (χ2n) is 2.95. The summed E-state index contributed by atoms with van der Waals surface area (Å²) in [4.78, 5) is 0. The molecule has 78 valence electrons. The first-order chi connectivity index (χ1) is 6.56. The number of hydrogen-bond donors (Lipinski definition) is 3. The molecule has 0 aliphatic carbocycles. The second kappa shape index (κ2) is 4.34. The number of aliphatic hydroxyl groups excluding tert-OH is 1. The average molecular weight is 203 g/mol. The van der Waals surface area contributed by atoms with Crippen molar-refractivity contribution in [3.05, 3.63) is 29.3 Å². The Balaban J connectivity index is 3.00. The van der Waals surface area contributed by atoms with Crippen molar-refractivity contribution >= 4 is 0 Å². The van der Waals surface area contributed by atoms with Crippen LogP contribution >= 0.6 is 0 Å². The fourth-order valence-electron chi connectivity index (χ4n) is 1.10. The van der Waals surface area contributed by atoms with Crippen molar-refractivity contribution in [2.24, 2.45) is 5.73 Å². The van der Waals surface area contributed by atoms with Crippen LogP contribution in [-0.4, -0.2) is 16.8 Å². The van der Waals surface area contributed by atoms with Crippen LogP contribution in [0.2, 0.25) is 0 Å². The van der Waals surface area contributed by atoms with Gasteiger partial charge in [-0.25, -0.2) is 8.78 Å². The Kier molecular flexibility index (Phi) is 3.38. The number of rotatable bonds is 3. The molecule has 1 unspecified atom stereocenters. The Bertz CT molecular complexity index is 308. The van der Waals surface area contributed by atoms with Crippen LogP contribution in [0.5, 0.6) is 5.75 Å². The van der Waals surface area contributed by atoms with Gasteiger partial charge in [-0.2, -0.15) is 0 Å². The maximum Gasteiger partial charge on any atom is 0.187 e. The van der Waals surface area contributed by atoms with E-state index in [9.17, 15) is 8.78 Å². The van der Waals surface area contributed by atoms with E-state index in [0.717, 1.165) is 12.1 Å². The van der Waals surface area contributed by atoms with E-state index in [1.165, 1.54) is 0 Å². The topological polar surface area (TPSA) is 66.5 Å². The summed E-state index contributed by atoms with van der Waals surface area (Å²) in [7, 11) is 0. The van der Waals surface area contributed by atoms with E-state index in [4.69, 9.17) is 15.9 Å². The molecule has 0 aromatic heterocycles. The molecule has 5 heteroatoms. The number of phenols is 1. The van der Waals surface area contributed by atoms with Crippen molar-refractivity contribution in [3.63, 3.8) is 0 Å². The van der Waals surface area contributed by atoms with E-state index < -0.39 is 23.4 Å². The molecular weight excluding hydrogens is 192 g/mol. The molecule has 3 nitrogen and oxygen atoms in total. The minimum absolute atomic E-state index is 0.161. The highest BCUT2D eigenvalue weighted by atomic mass is 19.1. The number of nitrogens with two attached hydrogens (primary N) is 1. The molecule has 0 radical (unpaired) electrons. The normalized spacial score (nSPS) is 12.9. The zero-order valence-electron chi connectivity index (χ0n) is 7.37. The quantitative estimate of drug-likeness (QED) is 0.688. The molecule has 1 rings (SSSR count). The predicted molar refractivity (Wildman–Crippen MR) is 46.7 cm³/mol. The first-order valence-electron chi connectivity index (χ1n) is 4.10. The Morgan fingerprint density at radius 1 is 1.29 bits per heavy atom. The van der Waals surface area contributed by atoms with Gasteiger partial charge in [0, 0.05) is 12.6 Å². The summed E-state index contributed by atoms with van der Waals surface area (Å²) in [5.74, 6) is -3.10. The SMILES string of the molecule is NC(CCO)c1cc(F)c(O)c(F)c1. The lowest BCUT2D eigenvalue weighted by Crippen LogP contribution is -2.12. The van der Waals surface area contributed by atoms with Crippen LogP contribution in [0.3, 0.4) is 0 Å². The summed E-state index contributed by atoms with van der Waals surface area (Å²) in [6, 6.07) is 1.28. The predicted octanol–water partition coefficient (Wildman–Crippen LogP) is 1.05. The van der Waals surface area contributed by atoms with Gasteiger partial charge in [-0.05, 0) is 24.1 Å². The third kappa shape index (κ3) is 2.18. The van der Waals surface area contributed by atoms with Gasteiger partial charge in [-0.15, -0.1) is 0 Å². The molecule has 4 N–H and O–H groups in total. The van der Waals surface area contributed by atoms with Gasteiger partial charge in [-0.1, -0.05) is 0 Å². The third-order valence-electron chi connectivity index (χ3n) is 1.91. The summed E-state index contributed by atoms with van der Waals surface area (Å²) in [5, 5.41) is 17.4. The van der Waals surface area contributed by atoms with Crippen LogP contribution in [0.25, 0.3) is 0 Å². The molecule has 0 amide bonds. The Hall–Kier alpha value is -1.20. The standard InChI is InChI=1S/C9H11F2NO2/c10-6-3-5(8(12)1-2-13)4-7(11)9(6)14/h3-4,8,13-14H,1-2,12H2. The molecule has 1 aromatic rings. The van der Waals surface area contributed by atoms with Crippen molar-refractivity contribution in [3.8, 4) is 5.75 Å². The van der Waals surface area contributed by atoms with Crippen LogP contribution in [0.15, 0.2) is 12.1 Å². The smallest absolute Gasteiger partial charge is 0.187 e. The van der Waals surface area contributed by atoms with Crippen molar-refractivity contribution in [1.29, 1.82) is 0 Å².